The van der Waals surface area contributed by atoms with Crippen molar-refractivity contribution >= 4 is 5.97 Å². The van der Waals surface area contributed by atoms with Gasteiger partial charge in [-0.2, -0.15) is 0 Å². The molecule has 13 nitrogen and oxygen atoms in total. The van der Waals surface area contributed by atoms with E-state index in [-0.39, 0.29) is 12.6 Å². The van der Waals surface area contributed by atoms with Crippen LogP contribution in [0.4, 0.5) is 0 Å². The Bertz CT molecular complexity index is 783. The first kappa shape index (κ1) is 54.6. The molecule has 0 heterocycles. The van der Waals surface area contributed by atoms with Gasteiger partial charge in [0.05, 0.1) is 139 Å². The average Bonchev–Trinajstić information content (AvgIpc) is 3.20. The molecule has 0 saturated carbocycles. The number of ether oxygens (including phenoxy) is 12. The third-order valence-corrected chi connectivity index (χ3v) is 8.38. The molecule has 0 aliphatic rings. The average molecular weight is 807 g/mol. The summed E-state index contributed by atoms with van der Waals surface area (Å²) in [6, 6.07) is 0. The van der Waals surface area contributed by atoms with Crippen molar-refractivity contribution in [2.75, 3.05) is 152 Å². The first-order valence-corrected chi connectivity index (χ1v) is 21.8. The van der Waals surface area contributed by atoms with Gasteiger partial charge in [0, 0.05) is 6.42 Å². The highest BCUT2D eigenvalue weighted by atomic mass is 16.6. The minimum absolute atomic E-state index is 0.132. The van der Waals surface area contributed by atoms with E-state index in [1.165, 1.54) is 83.5 Å². The Morgan fingerprint density at radius 2 is 0.571 bits per heavy atom. The van der Waals surface area contributed by atoms with Crippen molar-refractivity contribution in [3.05, 3.63) is 0 Å². The fraction of sp³-hybridized carbons (Fsp3) is 0.930. The Balaban J connectivity index is 3.13. The molecule has 0 aromatic heterocycles. The second-order valence-electron chi connectivity index (χ2n) is 13.3. The van der Waals surface area contributed by atoms with Crippen molar-refractivity contribution in [3.8, 4) is 12.3 Å². The molecule has 0 N–H and O–H groups in total. The van der Waals surface area contributed by atoms with Crippen LogP contribution in [0.5, 0.6) is 0 Å². The van der Waals surface area contributed by atoms with Crippen LogP contribution in [0.25, 0.3) is 0 Å². The second-order valence-corrected chi connectivity index (χ2v) is 13.3. The molecular formula is C43H82O13. The smallest absolute Gasteiger partial charge is 0.305 e. The van der Waals surface area contributed by atoms with Crippen molar-refractivity contribution in [3.63, 3.8) is 0 Å². The van der Waals surface area contributed by atoms with E-state index < -0.39 is 0 Å². The van der Waals surface area contributed by atoms with E-state index in [0.717, 1.165) is 12.8 Å². The van der Waals surface area contributed by atoms with Crippen molar-refractivity contribution in [1.82, 2.24) is 0 Å². The van der Waals surface area contributed by atoms with E-state index in [2.05, 4.69) is 12.8 Å². The van der Waals surface area contributed by atoms with Gasteiger partial charge in [-0.25, -0.2) is 0 Å². The van der Waals surface area contributed by atoms with Crippen LogP contribution >= 0.6 is 0 Å². The Morgan fingerprint density at radius 1 is 0.339 bits per heavy atom. The van der Waals surface area contributed by atoms with Gasteiger partial charge >= 0.3 is 5.97 Å². The molecule has 13 heteroatoms. The van der Waals surface area contributed by atoms with Gasteiger partial charge in [-0.05, 0) is 6.42 Å². The molecule has 332 valence electrons. The van der Waals surface area contributed by atoms with Gasteiger partial charge in [-0.3, -0.25) is 4.79 Å². The zero-order valence-corrected chi connectivity index (χ0v) is 35.5. The van der Waals surface area contributed by atoms with E-state index in [4.69, 9.17) is 63.3 Å². The molecule has 0 fully saturated rings. The number of carbonyl (C=O) groups is 1. The molecule has 0 spiro atoms. The standard InChI is InChI=1S/C43H82O13/c1-3-5-6-7-8-9-10-11-12-13-14-15-16-17-18-19-43(44)56-42-41-55-40-39-54-38-37-53-36-35-52-34-33-51-32-31-50-30-29-49-28-27-48-26-25-47-24-23-46-22-21-45-20-4-2/h2H,3,5-42H2,1H3. The highest BCUT2D eigenvalue weighted by molar-refractivity contribution is 5.69. The first-order valence-electron chi connectivity index (χ1n) is 21.8. The Morgan fingerprint density at radius 3 is 0.839 bits per heavy atom. The SMILES string of the molecule is C#CCOCCOCCOCCOCCOCCOCCOCCOCCOCCOCCOCCOC(=O)CCCCCCCCCCCCCCCCC. The molecule has 0 aromatic rings. The van der Waals surface area contributed by atoms with Gasteiger partial charge in [0.1, 0.15) is 13.2 Å². The maximum atomic E-state index is 11.9. The number of carbonyl (C=O) groups excluding carboxylic acids is 1. The lowest BCUT2D eigenvalue weighted by Crippen LogP contribution is -2.15. The second kappa shape index (κ2) is 51.6. The molecule has 0 saturated heterocycles. The van der Waals surface area contributed by atoms with Crippen molar-refractivity contribution < 1.29 is 61.6 Å². The lowest BCUT2D eigenvalue weighted by atomic mass is 10.0. The van der Waals surface area contributed by atoms with Crippen LogP contribution in [0.3, 0.4) is 0 Å². The fourth-order valence-corrected chi connectivity index (χ4v) is 5.26. The van der Waals surface area contributed by atoms with Gasteiger partial charge in [0.15, 0.2) is 0 Å². The van der Waals surface area contributed by atoms with Crippen LogP contribution in [0.15, 0.2) is 0 Å². The van der Waals surface area contributed by atoms with E-state index >= 15 is 0 Å². The molecular weight excluding hydrogens is 724 g/mol. The summed E-state index contributed by atoms with van der Waals surface area (Å²) in [5.74, 6) is 2.27. The summed E-state index contributed by atoms with van der Waals surface area (Å²) in [5, 5.41) is 0. The minimum atomic E-state index is -0.132. The zero-order chi connectivity index (χ0) is 40.3. The van der Waals surface area contributed by atoms with Gasteiger partial charge in [0.25, 0.3) is 0 Å². The fourth-order valence-electron chi connectivity index (χ4n) is 5.26. The maximum absolute atomic E-state index is 11.9. The predicted octanol–water partition coefficient (Wildman–Crippen LogP) is 6.61. The molecule has 0 aliphatic heterocycles. The molecule has 0 rings (SSSR count). The third kappa shape index (κ3) is 50.6. The lowest BCUT2D eigenvalue weighted by Gasteiger charge is -2.09. The Labute approximate surface area is 341 Å². The van der Waals surface area contributed by atoms with Crippen LogP contribution in [0, 0.1) is 12.3 Å². The zero-order valence-electron chi connectivity index (χ0n) is 35.5. The molecule has 0 bridgehead atoms. The van der Waals surface area contributed by atoms with E-state index in [1.54, 1.807) is 0 Å². The first-order chi connectivity index (χ1) is 27.8. The van der Waals surface area contributed by atoms with E-state index in [9.17, 15) is 4.79 Å². The largest absolute Gasteiger partial charge is 0.463 e. The summed E-state index contributed by atoms with van der Waals surface area (Å²) in [6.45, 7) is 13.2. The molecule has 0 unspecified atom stereocenters. The molecule has 56 heavy (non-hydrogen) atoms. The van der Waals surface area contributed by atoms with Crippen LogP contribution in [0.2, 0.25) is 0 Å². The summed E-state index contributed by atoms with van der Waals surface area (Å²) in [5.41, 5.74) is 0. The monoisotopic (exact) mass is 807 g/mol. The Kier molecular flexibility index (Phi) is 50.3. The molecule has 0 aliphatic carbocycles. The minimum Gasteiger partial charge on any atom is -0.463 e. The van der Waals surface area contributed by atoms with Gasteiger partial charge in [-0.1, -0.05) is 103 Å². The van der Waals surface area contributed by atoms with E-state index in [0.29, 0.717) is 152 Å². The number of rotatable bonds is 50. The predicted molar refractivity (Wildman–Crippen MR) is 218 cm³/mol. The van der Waals surface area contributed by atoms with Gasteiger partial charge in [-0.15, -0.1) is 6.42 Å². The number of hydrogen-bond acceptors (Lipinski definition) is 13. The molecule has 0 radical (unpaired) electrons. The van der Waals surface area contributed by atoms with Crippen molar-refractivity contribution in [2.24, 2.45) is 0 Å². The van der Waals surface area contributed by atoms with Crippen molar-refractivity contribution in [1.29, 1.82) is 0 Å². The third-order valence-electron chi connectivity index (χ3n) is 8.38. The lowest BCUT2D eigenvalue weighted by molar-refractivity contribution is -0.145. The Hall–Kier alpha value is -1.41. The number of unbranched alkanes of at least 4 members (excludes halogenated alkanes) is 14. The summed E-state index contributed by atoms with van der Waals surface area (Å²) >= 11 is 0. The molecule has 0 amide bonds. The summed E-state index contributed by atoms with van der Waals surface area (Å²) in [7, 11) is 0. The van der Waals surface area contributed by atoms with Crippen molar-refractivity contribution in [2.45, 2.75) is 110 Å². The number of esters is 1. The number of terminal acetylenes is 1. The van der Waals surface area contributed by atoms with E-state index in [1.807, 2.05) is 0 Å². The van der Waals surface area contributed by atoms with Crippen LogP contribution < -0.4 is 0 Å². The summed E-state index contributed by atoms with van der Waals surface area (Å²) < 4.78 is 65.0. The quantitative estimate of drug-likeness (QED) is 0.0372. The molecule has 0 atom stereocenters. The van der Waals surface area contributed by atoms with Crippen LogP contribution in [0.1, 0.15) is 110 Å². The highest BCUT2D eigenvalue weighted by Crippen LogP contribution is 2.14. The van der Waals surface area contributed by atoms with Crippen LogP contribution in [-0.2, 0) is 61.6 Å². The van der Waals surface area contributed by atoms with Gasteiger partial charge < -0.3 is 56.8 Å². The topological polar surface area (TPSA) is 128 Å². The normalized spacial score (nSPS) is 11.4. The highest BCUT2D eigenvalue weighted by Gasteiger charge is 2.03. The number of hydrogen-bond donors (Lipinski definition) is 0. The van der Waals surface area contributed by atoms with Gasteiger partial charge in [0.2, 0.25) is 0 Å². The summed E-state index contributed by atoms with van der Waals surface area (Å²) in [6.07, 6.45) is 25.3. The summed E-state index contributed by atoms with van der Waals surface area (Å²) in [4.78, 5) is 11.9. The maximum Gasteiger partial charge on any atom is 0.305 e. The molecule has 0 aromatic carbocycles. The van der Waals surface area contributed by atoms with Crippen LogP contribution in [-0.4, -0.2) is 158 Å².